The largest absolute Gasteiger partial charge is 0.478 e. The number of carboxylic acids is 1. The fraction of sp³-hybridized carbons (Fsp3) is 0.231. The highest BCUT2D eigenvalue weighted by Gasteiger charge is 2.23. The van der Waals surface area contributed by atoms with Gasteiger partial charge in [0.2, 0.25) is 0 Å². The highest BCUT2D eigenvalue weighted by molar-refractivity contribution is 6.15. The Morgan fingerprint density at radius 3 is 2.89 bits per heavy atom. The van der Waals surface area contributed by atoms with Crippen molar-refractivity contribution >= 4 is 22.6 Å². The lowest BCUT2D eigenvalue weighted by Gasteiger charge is -2.12. The number of fused-ring (bicyclic) bond motifs is 3. The van der Waals surface area contributed by atoms with Gasteiger partial charge in [0.15, 0.2) is 0 Å². The van der Waals surface area contributed by atoms with E-state index < -0.39 is 5.97 Å². The van der Waals surface area contributed by atoms with Crippen LogP contribution in [0.2, 0.25) is 0 Å². The molecular weight excluding hydrogens is 232 g/mol. The number of carbonyl (C=O) groups is 1. The van der Waals surface area contributed by atoms with Crippen molar-refractivity contribution in [3.8, 4) is 0 Å². The van der Waals surface area contributed by atoms with Gasteiger partial charge in [0.05, 0.1) is 16.8 Å². The van der Waals surface area contributed by atoms with Gasteiger partial charge in [0, 0.05) is 16.6 Å². The van der Waals surface area contributed by atoms with Gasteiger partial charge in [-0.05, 0) is 25.3 Å². The third-order valence-corrected chi connectivity index (χ3v) is 3.39. The Morgan fingerprint density at radius 1 is 1.33 bits per heavy atom. The summed E-state index contributed by atoms with van der Waals surface area (Å²) in [7, 11) is 0. The van der Waals surface area contributed by atoms with Crippen LogP contribution in [0.15, 0.2) is 23.4 Å². The zero-order valence-electron chi connectivity index (χ0n) is 9.60. The van der Waals surface area contributed by atoms with Crippen LogP contribution in [-0.4, -0.2) is 27.0 Å². The van der Waals surface area contributed by atoms with Gasteiger partial charge in [-0.2, -0.15) is 0 Å². The van der Waals surface area contributed by atoms with E-state index in [9.17, 15) is 4.79 Å². The van der Waals surface area contributed by atoms with Crippen LogP contribution in [0.4, 0.5) is 0 Å². The molecule has 0 aliphatic heterocycles. The maximum atomic E-state index is 11.2. The highest BCUT2D eigenvalue weighted by atomic mass is 16.4. The molecular formula is C13H12N2O3. The minimum absolute atomic E-state index is 0.249. The Bertz CT molecular complexity index is 670. The number of aromatic carboxylic acids is 1. The van der Waals surface area contributed by atoms with Gasteiger partial charge in [0.1, 0.15) is 0 Å². The van der Waals surface area contributed by atoms with E-state index in [0.717, 1.165) is 29.5 Å². The van der Waals surface area contributed by atoms with Crippen molar-refractivity contribution in [2.75, 3.05) is 0 Å². The van der Waals surface area contributed by atoms with E-state index in [4.69, 9.17) is 10.3 Å². The maximum absolute atomic E-state index is 11.2. The summed E-state index contributed by atoms with van der Waals surface area (Å²) in [6, 6.07) is 5.14. The third kappa shape index (κ3) is 1.40. The zero-order chi connectivity index (χ0) is 12.7. The molecule has 3 N–H and O–H groups in total. The van der Waals surface area contributed by atoms with Gasteiger partial charge in [-0.3, -0.25) is 0 Å². The van der Waals surface area contributed by atoms with Crippen molar-refractivity contribution < 1.29 is 15.1 Å². The molecule has 0 amide bonds. The third-order valence-electron chi connectivity index (χ3n) is 3.39. The monoisotopic (exact) mass is 244 g/mol. The van der Waals surface area contributed by atoms with Crippen molar-refractivity contribution in [1.29, 1.82) is 0 Å². The Balaban J connectivity index is 2.37. The molecule has 3 rings (SSSR count). The van der Waals surface area contributed by atoms with Gasteiger partial charge in [-0.15, -0.1) is 0 Å². The average Bonchev–Trinajstić information content (AvgIpc) is 2.76. The molecule has 2 aromatic rings. The van der Waals surface area contributed by atoms with Crippen LogP contribution in [0.25, 0.3) is 10.9 Å². The van der Waals surface area contributed by atoms with Crippen LogP contribution in [0.1, 0.15) is 34.5 Å². The van der Waals surface area contributed by atoms with Gasteiger partial charge in [-0.25, -0.2) is 4.79 Å². The summed E-state index contributed by atoms with van der Waals surface area (Å²) in [4.78, 5) is 14.3. The molecule has 92 valence electrons. The molecule has 1 aliphatic carbocycles. The number of aromatic amines is 1. The first kappa shape index (κ1) is 10.8. The van der Waals surface area contributed by atoms with Crippen LogP contribution in [-0.2, 0) is 6.42 Å². The predicted molar refractivity (Wildman–Crippen MR) is 66.5 cm³/mol. The fourth-order valence-electron chi connectivity index (χ4n) is 2.62. The number of nitrogens with zero attached hydrogens (tertiary/aromatic N) is 1. The van der Waals surface area contributed by atoms with Crippen molar-refractivity contribution in [3.63, 3.8) is 0 Å². The summed E-state index contributed by atoms with van der Waals surface area (Å²) < 4.78 is 0. The first-order chi connectivity index (χ1) is 8.72. The smallest absolute Gasteiger partial charge is 0.337 e. The van der Waals surface area contributed by atoms with E-state index in [0.29, 0.717) is 17.6 Å². The quantitative estimate of drug-likeness (QED) is 0.531. The van der Waals surface area contributed by atoms with Crippen molar-refractivity contribution in [2.45, 2.75) is 19.3 Å². The van der Waals surface area contributed by atoms with E-state index in [2.05, 4.69) is 10.1 Å². The van der Waals surface area contributed by atoms with Crippen LogP contribution in [0.3, 0.4) is 0 Å². The number of para-hydroxylation sites is 1. The van der Waals surface area contributed by atoms with Crippen LogP contribution in [0.5, 0.6) is 0 Å². The summed E-state index contributed by atoms with van der Waals surface area (Å²) in [6.45, 7) is 0. The van der Waals surface area contributed by atoms with E-state index in [1.807, 2.05) is 6.07 Å². The Morgan fingerprint density at radius 2 is 2.17 bits per heavy atom. The van der Waals surface area contributed by atoms with Gasteiger partial charge in [-0.1, -0.05) is 17.3 Å². The fourth-order valence-corrected chi connectivity index (χ4v) is 2.62. The first-order valence-corrected chi connectivity index (χ1v) is 5.80. The molecule has 1 aromatic carbocycles. The lowest BCUT2D eigenvalue weighted by atomic mass is 9.93. The molecule has 0 bridgehead atoms. The molecule has 0 atom stereocenters. The normalized spacial score (nSPS) is 17.0. The summed E-state index contributed by atoms with van der Waals surface area (Å²) in [5, 5.41) is 22.4. The van der Waals surface area contributed by atoms with Crippen molar-refractivity contribution in [1.82, 2.24) is 4.98 Å². The number of H-pyrrole nitrogens is 1. The topological polar surface area (TPSA) is 85.7 Å². The summed E-state index contributed by atoms with van der Waals surface area (Å²) in [5.41, 5.74) is 3.31. The van der Waals surface area contributed by atoms with E-state index >= 15 is 0 Å². The maximum Gasteiger partial charge on any atom is 0.337 e. The molecule has 5 nitrogen and oxygen atoms in total. The summed E-state index contributed by atoms with van der Waals surface area (Å²) in [5.74, 6) is -0.957. The lowest BCUT2D eigenvalue weighted by molar-refractivity contribution is 0.0699. The second-order valence-electron chi connectivity index (χ2n) is 4.41. The van der Waals surface area contributed by atoms with Gasteiger partial charge >= 0.3 is 5.97 Å². The predicted octanol–water partition coefficient (Wildman–Crippen LogP) is 2.38. The number of carboxylic acid groups (broad SMARTS) is 1. The minimum atomic E-state index is -0.957. The van der Waals surface area contributed by atoms with Gasteiger partial charge < -0.3 is 15.3 Å². The zero-order valence-corrected chi connectivity index (χ0v) is 9.60. The van der Waals surface area contributed by atoms with Crippen molar-refractivity contribution in [2.24, 2.45) is 5.16 Å². The average molecular weight is 244 g/mol. The molecule has 0 radical (unpaired) electrons. The van der Waals surface area contributed by atoms with E-state index in [1.165, 1.54) is 0 Å². The van der Waals surface area contributed by atoms with Gasteiger partial charge in [0.25, 0.3) is 0 Å². The molecule has 0 saturated carbocycles. The van der Waals surface area contributed by atoms with Crippen LogP contribution >= 0.6 is 0 Å². The molecule has 5 heteroatoms. The number of hydrogen-bond acceptors (Lipinski definition) is 3. The van der Waals surface area contributed by atoms with Crippen LogP contribution in [0, 0.1) is 0 Å². The van der Waals surface area contributed by atoms with E-state index in [1.54, 1.807) is 12.1 Å². The number of hydrogen-bond donors (Lipinski definition) is 3. The Kier molecular flexibility index (Phi) is 2.33. The molecule has 18 heavy (non-hydrogen) atoms. The number of benzene rings is 1. The molecule has 0 saturated heterocycles. The molecule has 0 spiro atoms. The molecule has 1 aliphatic rings. The molecule has 0 fully saturated rings. The minimum Gasteiger partial charge on any atom is -0.478 e. The van der Waals surface area contributed by atoms with E-state index in [-0.39, 0.29) is 5.56 Å². The standard InChI is InChI=1S/C13H12N2O3/c16-13(17)8-4-1-3-7-11-9(14-12(7)8)5-2-6-10(11)15-18/h1,3-4,14,18H,2,5-6H2,(H,16,17). The number of nitrogens with one attached hydrogen (secondary N) is 1. The Labute approximate surface area is 103 Å². The number of aromatic nitrogens is 1. The second kappa shape index (κ2) is 3.87. The summed E-state index contributed by atoms with van der Waals surface area (Å²) >= 11 is 0. The SMILES string of the molecule is O=C(O)c1cccc2c3c([nH]c12)CCCC3=NO. The molecule has 1 aromatic heterocycles. The first-order valence-electron chi connectivity index (χ1n) is 5.80. The van der Waals surface area contributed by atoms with Crippen LogP contribution < -0.4 is 0 Å². The Hall–Kier alpha value is -2.30. The lowest BCUT2D eigenvalue weighted by Crippen LogP contribution is -2.10. The number of oxime groups is 1. The number of aryl methyl sites for hydroxylation is 1. The highest BCUT2D eigenvalue weighted by Crippen LogP contribution is 2.31. The number of rotatable bonds is 1. The second-order valence-corrected chi connectivity index (χ2v) is 4.41. The summed E-state index contributed by atoms with van der Waals surface area (Å²) in [6.07, 6.45) is 2.47. The molecule has 1 heterocycles. The van der Waals surface area contributed by atoms with Crippen molar-refractivity contribution in [3.05, 3.63) is 35.0 Å². The molecule has 0 unspecified atom stereocenters.